The smallest absolute Gasteiger partial charge is 0.437 e. The number of alkyl halides is 3. The standard InChI is InChI=1S/C19H14F3N3O2S/c1-12-16(3-2-10-23-12)27-17-9-6-14(11-24-17)25-18(26)13-4-7-15(8-5-13)28-19(20,21)22/h2-11H,1H3,(H,25,26). The van der Waals surface area contributed by atoms with Gasteiger partial charge in [-0.15, -0.1) is 0 Å². The molecule has 3 rings (SSSR count). The molecule has 0 radical (unpaired) electrons. The van der Waals surface area contributed by atoms with Crippen molar-refractivity contribution in [3.05, 3.63) is 72.2 Å². The molecule has 9 heteroatoms. The molecule has 2 heterocycles. The van der Waals surface area contributed by atoms with Gasteiger partial charge in [0.2, 0.25) is 5.88 Å². The Labute approximate surface area is 163 Å². The Morgan fingerprint density at radius 1 is 1.07 bits per heavy atom. The normalized spacial score (nSPS) is 11.1. The van der Waals surface area contributed by atoms with Gasteiger partial charge in [-0.25, -0.2) is 4.98 Å². The molecule has 0 aliphatic rings. The minimum absolute atomic E-state index is 0.0120. The van der Waals surface area contributed by atoms with Crippen molar-refractivity contribution in [1.82, 2.24) is 9.97 Å². The average molecular weight is 405 g/mol. The van der Waals surface area contributed by atoms with Crippen molar-refractivity contribution in [2.75, 3.05) is 5.32 Å². The summed E-state index contributed by atoms with van der Waals surface area (Å²) in [4.78, 5) is 20.5. The average Bonchev–Trinajstić information content (AvgIpc) is 2.64. The van der Waals surface area contributed by atoms with Gasteiger partial charge in [0, 0.05) is 22.7 Å². The monoisotopic (exact) mass is 405 g/mol. The lowest BCUT2D eigenvalue weighted by Gasteiger charge is -2.09. The highest BCUT2D eigenvalue weighted by molar-refractivity contribution is 8.00. The molecule has 1 amide bonds. The number of carbonyl (C=O) groups is 1. The number of nitrogens with zero attached hydrogens (tertiary/aromatic N) is 2. The van der Waals surface area contributed by atoms with Gasteiger partial charge in [0.15, 0.2) is 5.75 Å². The second kappa shape index (κ2) is 8.30. The first-order valence-electron chi connectivity index (χ1n) is 8.03. The third-order valence-corrected chi connectivity index (χ3v) is 4.26. The maximum atomic E-state index is 12.3. The molecule has 0 saturated heterocycles. The maximum Gasteiger partial charge on any atom is 0.446 e. The number of nitrogens with one attached hydrogen (secondary N) is 1. The molecular formula is C19H14F3N3O2S. The summed E-state index contributed by atoms with van der Waals surface area (Å²) in [6.07, 6.45) is 3.08. The molecule has 1 aromatic carbocycles. The van der Waals surface area contributed by atoms with Crippen molar-refractivity contribution < 1.29 is 22.7 Å². The molecule has 0 aliphatic heterocycles. The summed E-state index contributed by atoms with van der Waals surface area (Å²) in [5.74, 6) is 0.452. The summed E-state index contributed by atoms with van der Waals surface area (Å²) < 4.78 is 42.7. The fourth-order valence-corrected chi connectivity index (χ4v) is 2.76. The third-order valence-electron chi connectivity index (χ3n) is 3.52. The lowest BCUT2D eigenvalue weighted by molar-refractivity contribution is -0.0328. The Kier molecular flexibility index (Phi) is 5.84. The third kappa shape index (κ3) is 5.46. The summed E-state index contributed by atoms with van der Waals surface area (Å²) in [6, 6.07) is 11.9. The number of halogens is 3. The molecule has 5 nitrogen and oxygen atoms in total. The summed E-state index contributed by atoms with van der Waals surface area (Å²) >= 11 is -0.232. The number of amides is 1. The molecule has 0 spiro atoms. The molecule has 0 fully saturated rings. The number of ether oxygens (including phenoxy) is 1. The van der Waals surface area contributed by atoms with Crippen LogP contribution in [-0.4, -0.2) is 21.4 Å². The topological polar surface area (TPSA) is 64.1 Å². The molecule has 0 unspecified atom stereocenters. The second-order valence-corrected chi connectivity index (χ2v) is 6.74. The zero-order valence-electron chi connectivity index (χ0n) is 14.5. The van der Waals surface area contributed by atoms with Crippen LogP contribution in [0.2, 0.25) is 0 Å². The minimum Gasteiger partial charge on any atom is -0.437 e. The van der Waals surface area contributed by atoms with E-state index in [9.17, 15) is 18.0 Å². The van der Waals surface area contributed by atoms with E-state index < -0.39 is 11.4 Å². The molecule has 0 atom stereocenters. The summed E-state index contributed by atoms with van der Waals surface area (Å²) in [6.45, 7) is 1.81. The molecule has 144 valence electrons. The molecule has 1 N–H and O–H groups in total. The van der Waals surface area contributed by atoms with Crippen molar-refractivity contribution in [3.63, 3.8) is 0 Å². The lowest BCUT2D eigenvalue weighted by atomic mass is 10.2. The Balaban J connectivity index is 1.62. The Morgan fingerprint density at radius 3 is 2.43 bits per heavy atom. The van der Waals surface area contributed by atoms with Crippen LogP contribution < -0.4 is 10.1 Å². The molecule has 3 aromatic rings. The van der Waals surface area contributed by atoms with E-state index in [0.29, 0.717) is 23.0 Å². The number of anilines is 1. The highest BCUT2D eigenvalue weighted by Crippen LogP contribution is 2.36. The summed E-state index contributed by atoms with van der Waals surface area (Å²) in [5, 5.41) is 2.63. The van der Waals surface area contributed by atoms with E-state index in [0.717, 1.165) is 0 Å². The van der Waals surface area contributed by atoms with Gasteiger partial charge in [-0.1, -0.05) is 0 Å². The number of carbonyl (C=O) groups excluding carboxylic acids is 1. The van der Waals surface area contributed by atoms with Crippen LogP contribution in [0.15, 0.2) is 65.8 Å². The Hall–Kier alpha value is -3.07. The van der Waals surface area contributed by atoms with Gasteiger partial charge >= 0.3 is 5.51 Å². The van der Waals surface area contributed by atoms with Crippen molar-refractivity contribution in [1.29, 1.82) is 0 Å². The molecule has 0 bridgehead atoms. The second-order valence-electron chi connectivity index (χ2n) is 5.60. The van der Waals surface area contributed by atoms with Gasteiger partial charge in [-0.2, -0.15) is 13.2 Å². The van der Waals surface area contributed by atoms with Crippen LogP contribution >= 0.6 is 11.8 Å². The van der Waals surface area contributed by atoms with E-state index in [2.05, 4.69) is 15.3 Å². The van der Waals surface area contributed by atoms with Crippen LogP contribution in [0.4, 0.5) is 18.9 Å². The van der Waals surface area contributed by atoms with Gasteiger partial charge in [0.25, 0.3) is 5.91 Å². The zero-order valence-corrected chi connectivity index (χ0v) is 15.3. The first-order chi connectivity index (χ1) is 13.3. The van der Waals surface area contributed by atoms with E-state index in [1.807, 2.05) is 6.92 Å². The first kappa shape index (κ1) is 19.7. The first-order valence-corrected chi connectivity index (χ1v) is 8.84. The molecule has 2 aromatic heterocycles. The summed E-state index contributed by atoms with van der Waals surface area (Å²) in [7, 11) is 0. The van der Waals surface area contributed by atoms with Crippen LogP contribution in [0, 0.1) is 6.92 Å². The number of rotatable bonds is 5. The van der Waals surface area contributed by atoms with E-state index in [1.54, 1.807) is 30.5 Å². The molecule has 0 saturated carbocycles. The van der Waals surface area contributed by atoms with Crippen molar-refractivity contribution in [2.24, 2.45) is 0 Å². The van der Waals surface area contributed by atoms with Gasteiger partial charge in [0.1, 0.15) is 0 Å². The quantitative estimate of drug-likeness (QED) is 0.573. The van der Waals surface area contributed by atoms with Gasteiger partial charge < -0.3 is 10.1 Å². The van der Waals surface area contributed by atoms with Crippen molar-refractivity contribution >= 4 is 23.4 Å². The number of pyridine rings is 2. The Bertz CT molecular complexity index is 961. The van der Waals surface area contributed by atoms with Crippen molar-refractivity contribution in [2.45, 2.75) is 17.3 Å². The SMILES string of the molecule is Cc1ncccc1Oc1ccc(NC(=O)c2ccc(SC(F)(F)F)cc2)cn1. The number of hydrogen-bond donors (Lipinski definition) is 1. The highest BCUT2D eigenvalue weighted by Gasteiger charge is 2.29. The van der Waals surface area contributed by atoms with E-state index in [1.165, 1.54) is 30.5 Å². The summed E-state index contributed by atoms with van der Waals surface area (Å²) in [5.41, 5.74) is -2.99. The number of aromatic nitrogens is 2. The van der Waals surface area contributed by atoms with Gasteiger partial charge in [-0.3, -0.25) is 9.78 Å². The van der Waals surface area contributed by atoms with Crippen molar-refractivity contribution in [3.8, 4) is 11.6 Å². The number of aryl methyl sites for hydroxylation is 1. The minimum atomic E-state index is -4.37. The van der Waals surface area contributed by atoms with Gasteiger partial charge in [0.05, 0.1) is 17.6 Å². The zero-order chi connectivity index (χ0) is 20.1. The predicted octanol–water partition coefficient (Wildman–Crippen LogP) is 5.44. The number of thioether (sulfide) groups is 1. The van der Waals surface area contributed by atoms with E-state index >= 15 is 0 Å². The highest BCUT2D eigenvalue weighted by atomic mass is 32.2. The van der Waals surface area contributed by atoms with E-state index in [-0.39, 0.29) is 22.2 Å². The fraction of sp³-hybridized carbons (Fsp3) is 0.105. The van der Waals surface area contributed by atoms with Crippen LogP contribution in [0.3, 0.4) is 0 Å². The number of benzene rings is 1. The molecule has 28 heavy (non-hydrogen) atoms. The van der Waals surface area contributed by atoms with E-state index in [4.69, 9.17) is 4.74 Å². The van der Waals surface area contributed by atoms with Crippen LogP contribution in [0.1, 0.15) is 16.1 Å². The Morgan fingerprint density at radius 2 is 1.82 bits per heavy atom. The molecular weight excluding hydrogens is 391 g/mol. The molecule has 0 aliphatic carbocycles. The lowest BCUT2D eigenvalue weighted by Crippen LogP contribution is -2.12. The number of hydrogen-bond acceptors (Lipinski definition) is 5. The largest absolute Gasteiger partial charge is 0.446 e. The fourth-order valence-electron chi connectivity index (χ4n) is 2.22. The predicted molar refractivity (Wildman–Crippen MR) is 99.6 cm³/mol. The van der Waals surface area contributed by atoms with Crippen LogP contribution in [-0.2, 0) is 0 Å². The van der Waals surface area contributed by atoms with Crippen LogP contribution in [0.5, 0.6) is 11.6 Å². The van der Waals surface area contributed by atoms with Gasteiger partial charge in [-0.05, 0) is 61.2 Å². The van der Waals surface area contributed by atoms with Crippen LogP contribution in [0.25, 0.3) is 0 Å². The maximum absolute atomic E-state index is 12.3.